The Morgan fingerprint density at radius 2 is 2.20 bits per heavy atom. The predicted molar refractivity (Wildman–Crippen MR) is 81.0 cm³/mol. The van der Waals surface area contributed by atoms with Crippen molar-refractivity contribution in [3.63, 3.8) is 0 Å². The smallest absolute Gasteiger partial charge is 0.168 e. The number of methoxy groups -OCH3 is 1. The Labute approximate surface area is 127 Å². The summed E-state index contributed by atoms with van der Waals surface area (Å²) >= 11 is 3.57. The van der Waals surface area contributed by atoms with Crippen LogP contribution in [-0.2, 0) is 6.42 Å². The molecule has 0 spiro atoms. The fourth-order valence-electron chi connectivity index (χ4n) is 2.95. The van der Waals surface area contributed by atoms with Crippen LogP contribution in [0.3, 0.4) is 0 Å². The summed E-state index contributed by atoms with van der Waals surface area (Å²) < 4.78 is 18.0. The molecule has 0 aromatic heterocycles. The topological polar surface area (TPSA) is 39.7 Å². The molecule has 3 rings (SSSR count). The SMILES string of the molecule is COc1c(Br)cc2c(c1CC1CCCCN1)OCCO2. The van der Waals surface area contributed by atoms with E-state index in [0.29, 0.717) is 19.3 Å². The number of nitrogens with one attached hydrogen (secondary N) is 1. The highest BCUT2D eigenvalue weighted by atomic mass is 79.9. The quantitative estimate of drug-likeness (QED) is 0.917. The molecule has 2 aliphatic heterocycles. The van der Waals surface area contributed by atoms with Gasteiger partial charge in [0, 0.05) is 17.7 Å². The lowest BCUT2D eigenvalue weighted by Crippen LogP contribution is -2.36. The Kier molecular flexibility index (Phi) is 4.36. The Hall–Kier alpha value is -0.940. The maximum absolute atomic E-state index is 5.84. The second-order valence-corrected chi connectivity index (χ2v) is 6.10. The zero-order valence-electron chi connectivity index (χ0n) is 11.7. The van der Waals surface area contributed by atoms with Gasteiger partial charge in [-0.15, -0.1) is 0 Å². The van der Waals surface area contributed by atoms with E-state index in [9.17, 15) is 0 Å². The van der Waals surface area contributed by atoms with Gasteiger partial charge in [-0.25, -0.2) is 0 Å². The van der Waals surface area contributed by atoms with Crippen molar-refractivity contribution < 1.29 is 14.2 Å². The average molecular weight is 342 g/mol. The fraction of sp³-hybridized carbons (Fsp3) is 0.600. The van der Waals surface area contributed by atoms with E-state index >= 15 is 0 Å². The molecule has 1 saturated heterocycles. The van der Waals surface area contributed by atoms with Crippen molar-refractivity contribution in [2.45, 2.75) is 31.7 Å². The van der Waals surface area contributed by atoms with Gasteiger partial charge in [0.2, 0.25) is 0 Å². The van der Waals surface area contributed by atoms with Gasteiger partial charge in [-0.2, -0.15) is 0 Å². The largest absolute Gasteiger partial charge is 0.495 e. The van der Waals surface area contributed by atoms with E-state index in [1.807, 2.05) is 6.07 Å². The standard InChI is InChI=1S/C15H20BrNO3/c1-18-14-11(8-10-4-2-3-5-17-10)15-13(9-12(14)16)19-6-7-20-15/h9-10,17H,2-8H2,1H3. The third-order valence-corrected chi connectivity index (χ3v) is 4.49. The predicted octanol–water partition coefficient (Wildman–Crippen LogP) is 2.91. The number of ether oxygens (including phenoxy) is 3. The van der Waals surface area contributed by atoms with Crippen LogP contribution >= 0.6 is 15.9 Å². The van der Waals surface area contributed by atoms with Crippen molar-refractivity contribution in [3.8, 4) is 17.2 Å². The van der Waals surface area contributed by atoms with Crippen LogP contribution < -0.4 is 19.5 Å². The Bertz CT molecular complexity index is 486. The molecule has 4 nitrogen and oxygen atoms in total. The van der Waals surface area contributed by atoms with Crippen molar-refractivity contribution in [2.24, 2.45) is 0 Å². The number of halogens is 1. The minimum atomic E-state index is 0.488. The molecule has 0 bridgehead atoms. The zero-order chi connectivity index (χ0) is 13.9. The van der Waals surface area contributed by atoms with Crippen LogP contribution in [0.1, 0.15) is 24.8 Å². The first-order valence-electron chi connectivity index (χ1n) is 7.18. The molecule has 2 heterocycles. The highest BCUT2D eigenvalue weighted by molar-refractivity contribution is 9.10. The van der Waals surface area contributed by atoms with E-state index < -0.39 is 0 Å². The molecule has 5 heteroatoms. The number of hydrogen-bond acceptors (Lipinski definition) is 4. The minimum Gasteiger partial charge on any atom is -0.495 e. The lowest BCUT2D eigenvalue weighted by molar-refractivity contribution is 0.168. The molecule has 0 radical (unpaired) electrons. The van der Waals surface area contributed by atoms with Gasteiger partial charge < -0.3 is 19.5 Å². The van der Waals surface area contributed by atoms with E-state index in [-0.39, 0.29) is 0 Å². The van der Waals surface area contributed by atoms with Gasteiger partial charge in [0.25, 0.3) is 0 Å². The molecule has 1 N–H and O–H groups in total. The maximum atomic E-state index is 5.84. The second-order valence-electron chi connectivity index (χ2n) is 5.25. The third-order valence-electron chi connectivity index (χ3n) is 3.90. The number of hydrogen-bond donors (Lipinski definition) is 1. The number of benzene rings is 1. The van der Waals surface area contributed by atoms with Crippen molar-refractivity contribution in [1.82, 2.24) is 5.32 Å². The Morgan fingerprint density at radius 3 is 2.95 bits per heavy atom. The van der Waals surface area contributed by atoms with E-state index in [0.717, 1.165) is 40.3 Å². The first-order chi connectivity index (χ1) is 9.79. The molecule has 0 saturated carbocycles. The molecule has 0 amide bonds. The zero-order valence-corrected chi connectivity index (χ0v) is 13.3. The molecule has 1 unspecified atom stereocenters. The van der Waals surface area contributed by atoms with Crippen LogP contribution in [0.5, 0.6) is 17.2 Å². The van der Waals surface area contributed by atoms with Crippen molar-refractivity contribution in [1.29, 1.82) is 0 Å². The Balaban J connectivity index is 1.95. The molecule has 110 valence electrons. The number of fused-ring (bicyclic) bond motifs is 1. The van der Waals surface area contributed by atoms with Gasteiger partial charge >= 0.3 is 0 Å². The maximum Gasteiger partial charge on any atom is 0.168 e. The van der Waals surface area contributed by atoms with Gasteiger partial charge in [-0.3, -0.25) is 0 Å². The summed E-state index contributed by atoms with van der Waals surface area (Å²) in [5.41, 5.74) is 1.11. The lowest BCUT2D eigenvalue weighted by Gasteiger charge is -2.28. The van der Waals surface area contributed by atoms with Gasteiger partial charge in [-0.1, -0.05) is 6.42 Å². The van der Waals surface area contributed by atoms with Crippen LogP contribution in [0.15, 0.2) is 10.5 Å². The van der Waals surface area contributed by atoms with Crippen LogP contribution in [-0.4, -0.2) is 32.9 Å². The number of rotatable bonds is 3. The number of piperidine rings is 1. The van der Waals surface area contributed by atoms with E-state index in [2.05, 4.69) is 21.2 Å². The molecule has 1 aromatic carbocycles. The molecule has 1 atom stereocenters. The molecule has 1 aromatic rings. The molecule has 20 heavy (non-hydrogen) atoms. The van der Waals surface area contributed by atoms with E-state index in [1.54, 1.807) is 7.11 Å². The Morgan fingerprint density at radius 1 is 1.35 bits per heavy atom. The van der Waals surface area contributed by atoms with Crippen molar-refractivity contribution in [2.75, 3.05) is 26.9 Å². The van der Waals surface area contributed by atoms with E-state index in [4.69, 9.17) is 14.2 Å². The van der Waals surface area contributed by atoms with Gasteiger partial charge in [-0.05, 0) is 41.7 Å². The summed E-state index contributed by atoms with van der Waals surface area (Å²) in [6.07, 6.45) is 4.66. The van der Waals surface area contributed by atoms with Gasteiger partial charge in [0.1, 0.15) is 19.0 Å². The van der Waals surface area contributed by atoms with E-state index in [1.165, 1.54) is 19.3 Å². The first-order valence-corrected chi connectivity index (χ1v) is 7.97. The van der Waals surface area contributed by atoms with Crippen molar-refractivity contribution >= 4 is 15.9 Å². The molecular weight excluding hydrogens is 322 g/mol. The summed E-state index contributed by atoms with van der Waals surface area (Å²) in [6.45, 7) is 2.30. The van der Waals surface area contributed by atoms with Crippen LogP contribution in [0.2, 0.25) is 0 Å². The molecule has 1 fully saturated rings. The second kappa shape index (κ2) is 6.22. The molecule has 0 aliphatic carbocycles. The summed E-state index contributed by atoms with van der Waals surface area (Å²) in [7, 11) is 1.70. The average Bonchev–Trinajstić information content (AvgIpc) is 2.48. The fourth-order valence-corrected chi connectivity index (χ4v) is 3.56. The first kappa shape index (κ1) is 14.0. The molecular formula is C15H20BrNO3. The summed E-state index contributed by atoms with van der Waals surface area (Å²) in [5, 5.41) is 3.58. The van der Waals surface area contributed by atoms with Crippen LogP contribution in [0, 0.1) is 0 Å². The summed E-state index contributed by atoms with van der Waals surface area (Å²) in [6, 6.07) is 2.42. The van der Waals surface area contributed by atoms with Crippen molar-refractivity contribution in [3.05, 3.63) is 16.1 Å². The molecule has 2 aliphatic rings. The van der Waals surface area contributed by atoms with Gasteiger partial charge in [0.05, 0.1) is 11.6 Å². The third kappa shape index (κ3) is 2.74. The monoisotopic (exact) mass is 341 g/mol. The lowest BCUT2D eigenvalue weighted by atomic mass is 9.96. The summed E-state index contributed by atoms with van der Waals surface area (Å²) in [4.78, 5) is 0. The highest BCUT2D eigenvalue weighted by Crippen LogP contribution is 2.45. The summed E-state index contributed by atoms with van der Waals surface area (Å²) in [5.74, 6) is 2.53. The highest BCUT2D eigenvalue weighted by Gasteiger charge is 2.25. The normalized spacial score (nSPS) is 21.6. The van der Waals surface area contributed by atoms with Crippen LogP contribution in [0.4, 0.5) is 0 Å². The minimum absolute atomic E-state index is 0.488. The van der Waals surface area contributed by atoms with Gasteiger partial charge in [0.15, 0.2) is 11.5 Å². The van der Waals surface area contributed by atoms with Crippen LogP contribution in [0.25, 0.3) is 0 Å².